The molecule has 3 aliphatic rings. The molecule has 0 radical (unpaired) electrons. The van der Waals surface area contributed by atoms with Crippen LogP contribution in [0.15, 0.2) is 36.9 Å². The van der Waals surface area contributed by atoms with Gasteiger partial charge in [0, 0.05) is 5.92 Å². The van der Waals surface area contributed by atoms with Gasteiger partial charge in [-0.15, -0.1) is 6.58 Å². The van der Waals surface area contributed by atoms with Crippen LogP contribution in [0.1, 0.15) is 94.1 Å². The number of hydrogen-bond acceptors (Lipinski definition) is 0. The SMILES string of the molecule is C=CC1CCC(c2ccc(C3C=CC(C4CCC(C)CC4)CC3)c(F)c2F)CC1. The van der Waals surface area contributed by atoms with Crippen molar-refractivity contribution in [2.75, 3.05) is 0 Å². The molecule has 2 atom stereocenters. The average molecular weight is 399 g/mol. The Kier molecular flexibility index (Phi) is 6.56. The normalized spacial score (nSPS) is 35.4. The van der Waals surface area contributed by atoms with Gasteiger partial charge in [0.2, 0.25) is 0 Å². The zero-order chi connectivity index (χ0) is 20.4. The lowest BCUT2D eigenvalue weighted by molar-refractivity contribution is 0.225. The highest BCUT2D eigenvalue weighted by molar-refractivity contribution is 5.34. The third-order valence-electron chi connectivity index (χ3n) is 8.15. The lowest BCUT2D eigenvalue weighted by Gasteiger charge is -2.34. The zero-order valence-electron chi connectivity index (χ0n) is 17.9. The van der Waals surface area contributed by atoms with Crippen molar-refractivity contribution in [3.8, 4) is 0 Å². The van der Waals surface area contributed by atoms with Crippen LogP contribution in [0.4, 0.5) is 8.78 Å². The summed E-state index contributed by atoms with van der Waals surface area (Å²) in [4.78, 5) is 0. The first-order valence-corrected chi connectivity index (χ1v) is 11.9. The molecular weight excluding hydrogens is 362 g/mol. The van der Waals surface area contributed by atoms with Gasteiger partial charge in [0.15, 0.2) is 11.6 Å². The van der Waals surface area contributed by atoms with E-state index >= 15 is 4.39 Å². The number of hydrogen-bond donors (Lipinski definition) is 0. The van der Waals surface area contributed by atoms with E-state index in [1.807, 2.05) is 18.2 Å². The van der Waals surface area contributed by atoms with Crippen LogP contribution in [0.2, 0.25) is 0 Å². The minimum atomic E-state index is -0.604. The van der Waals surface area contributed by atoms with Gasteiger partial charge in [-0.05, 0) is 92.1 Å². The van der Waals surface area contributed by atoms with E-state index < -0.39 is 11.6 Å². The van der Waals surface area contributed by atoms with E-state index in [1.165, 1.54) is 25.7 Å². The van der Waals surface area contributed by atoms with Gasteiger partial charge < -0.3 is 0 Å². The molecule has 4 rings (SSSR count). The van der Waals surface area contributed by atoms with Gasteiger partial charge in [0.05, 0.1) is 0 Å². The van der Waals surface area contributed by atoms with Gasteiger partial charge in [-0.3, -0.25) is 0 Å². The summed E-state index contributed by atoms with van der Waals surface area (Å²) < 4.78 is 30.0. The maximum absolute atomic E-state index is 15.0. The molecule has 29 heavy (non-hydrogen) atoms. The van der Waals surface area contributed by atoms with Crippen LogP contribution in [0.5, 0.6) is 0 Å². The number of benzene rings is 1. The van der Waals surface area contributed by atoms with Gasteiger partial charge in [-0.1, -0.05) is 50.1 Å². The van der Waals surface area contributed by atoms with Gasteiger partial charge >= 0.3 is 0 Å². The third-order valence-corrected chi connectivity index (χ3v) is 8.15. The van der Waals surface area contributed by atoms with Gasteiger partial charge in [0.1, 0.15) is 0 Å². The van der Waals surface area contributed by atoms with Crippen LogP contribution < -0.4 is 0 Å². The second-order valence-corrected chi connectivity index (χ2v) is 9.97. The summed E-state index contributed by atoms with van der Waals surface area (Å²) in [6, 6.07) is 3.74. The molecule has 0 aliphatic heterocycles. The van der Waals surface area contributed by atoms with Gasteiger partial charge in [-0.2, -0.15) is 0 Å². The van der Waals surface area contributed by atoms with Crippen LogP contribution in [0.25, 0.3) is 0 Å². The lowest BCUT2D eigenvalue weighted by Crippen LogP contribution is -2.22. The predicted octanol–water partition coefficient (Wildman–Crippen LogP) is 8.30. The standard InChI is InChI=1S/C27H36F2/c1-3-19-6-10-22(11-7-19)24-16-17-25(27(29)26(24)28)23-14-12-21(13-15-23)20-8-4-18(2)5-9-20/h3,12,14,16-23H,1,4-11,13,15H2,2H3. The van der Waals surface area contributed by atoms with Crippen LogP contribution in [0, 0.1) is 35.3 Å². The molecule has 0 heterocycles. The van der Waals surface area contributed by atoms with E-state index in [4.69, 9.17) is 0 Å². The fourth-order valence-electron chi connectivity index (χ4n) is 6.05. The molecule has 2 saturated carbocycles. The molecule has 2 unspecified atom stereocenters. The summed E-state index contributed by atoms with van der Waals surface area (Å²) in [7, 11) is 0. The maximum Gasteiger partial charge on any atom is 0.162 e. The highest BCUT2D eigenvalue weighted by atomic mass is 19.2. The lowest BCUT2D eigenvalue weighted by atomic mass is 9.71. The maximum atomic E-state index is 15.0. The number of allylic oxidation sites excluding steroid dienone is 3. The van der Waals surface area contributed by atoms with Crippen LogP contribution in [-0.2, 0) is 0 Å². The summed E-state index contributed by atoms with van der Waals surface area (Å²) in [5, 5.41) is 0. The second kappa shape index (κ2) is 9.14. The molecule has 1 aromatic carbocycles. The average Bonchev–Trinajstić information content (AvgIpc) is 2.76. The first-order chi connectivity index (χ1) is 14.1. The second-order valence-electron chi connectivity index (χ2n) is 9.97. The molecule has 2 heteroatoms. The van der Waals surface area contributed by atoms with Crippen LogP contribution in [0.3, 0.4) is 0 Å². The molecule has 158 valence electrons. The Morgan fingerprint density at radius 3 is 2.07 bits per heavy atom. The Balaban J connectivity index is 1.44. The molecule has 0 nitrogen and oxygen atoms in total. The van der Waals surface area contributed by atoms with Crippen LogP contribution >= 0.6 is 0 Å². The first kappa shape index (κ1) is 20.8. The van der Waals surface area contributed by atoms with Crippen molar-refractivity contribution in [1.29, 1.82) is 0 Å². The Bertz CT molecular complexity index is 733. The molecule has 0 bridgehead atoms. The summed E-state index contributed by atoms with van der Waals surface area (Å²) in [5.41, 5.74) is 1.14. The molecule has 0 N–H and O–H groups in total. The van der Waals surface area contributed by atoms with Crippen molar-refractivity contribution >= 4 is 0 Å². The Hall–Kier alpha value is -1.44. The molecule has 0 aromatic heterocycles. The largest absolute Gasteiger partial charge is 0.203 e. The highest BCUT2D eigenvalue weighted by Crippen LogP contribution is 2.42. The Labute approximate surface area is 175 Å². The van der Waals surface area contributed by atoms with Crippen molar-refractivity contribution in [3.05, 3.63) is 59.7 Å². The fourth-order valence-corrected chi connectivity index (χ4v) is 6.05. The van der Waals surface area contributed by atoms with E-state index in [2.05, 4.69) is 25.7 Å². The summed E-state index contributed by atoms with van der Waals surface area (Å²) >= 11 is 0. The summed E-state index contributed by atoms with van der Waals surface area (Å²) in [6.45, 7) is 6.23. The van der Waals surface area contributed by atoms with Crippen molar-refractivity contribution in [2.45, 2.75) is 83.0 Å². The van der Waals surface area contributed by atoms with E-state index in [9.17, 15) is 4.39 Å². The molecule has 0 saturated heterocycles. The molecule has 0 amide bonds. The first-order valence-electron chi connectivity index (χ1n) is 11.9. The minimum absolute atomic E-state index is 0.0221. The number of halogens is 2. The van der Waals surface area contributed by atoms with E-state index in [0.29, 0.717) is 23.0 Å². The molecular formula is C27H36F2. The van der Waals surface area contributed by atoms with Crippen molar-refractivity contribution in [1.82, 2.24) is 0 Å². The predicted molar refractivity (Wildman–Crippen MR) is 117 cm³/mol. The fraction of sp³-hybridized carbons (Fsp3) is 0.630. The van der Waals surface area contributed by atoms with Crippen molar-refractivity contribution < 1.29 is 8.78 Å². The molecule has 0 spiro atoms. The highest BCUT2D eigenvalue weighted by Gasteiger charge is 2.30. The van der Waals surface area contributed by atoms with Gasteiger partial charge in [-0.25, -0.2) is 8.78 Å². The minimum Gasteiger partial charge on any atom is -0.203 e. The smallest absolute Gasteiger partial charge is 0.162 e. The topological polar surface area (TPSA) is 0 Å². The molecule has 1 aromatic rings. The molecule has 3 aliphatic carbocycles. The monoisotopic (exact) mass is 398 g/mol. The summed E-state index contributed by atoms with van der Waals surface area (Å²) in [6.07, 6.45) is 17.8. The zero-order valence-corrected chi connectivity index (χ0v) is 17.9. The Morgan fingerprint density at radius 1 is 0.793 bits per heavy atom. The van der Waals surface area contributed by atoms with E-state index in [-0.39, 0.29) is 11.8 Å². The van der Waals surface area contributed by atoms with Gasteiger partial charge in [0.25, 0.3) is 0 Å². The van der Waals surface area contributed by atoms with Crippen molar-refractivity contribution in [3.63, 3.8) is 0 Å². The quantitative estimate of drug-likeness (QED) is 0.447. The Morgan fingerprint density at radius 2 is 1.45 bits per heavy atom. The van der Waals surface area contributed by atoms with Crippen LogP contribution in [-0.4, -0.2) is 0 Å². The number of rotatable bonds is 4. The van der Waals surface area contributed by atoms with E-state index in [1.54, 1.807) is 0 Å². The molecule has 2 fully saturated rings. The summed E-state index contributed by atoms with van der Waals surface area (Å²) in [5.74, 6) is 1.79. The van der Waals surface area contributed by atoms with Crippen molar-refractivity contribution in [2.24, 2.45) is 23.7 Å². The van der Waals surface area contributed by atoms with E-state index in [0.717, 1.165) is 50.4 Å². The third kappa shape index (κ3) is 4.52.